The Bertz CT molecular complexity index is 419. The number of benzene rings is 1. The lowest BCUT2D eigenvalue weighted by molar-refractivity contribution is 1.10. The summed E-state index contributed by atoms with van der Waals surface area (Å²) in [5.41, 5.74) is 5.37. The van der Waals surface area contributed by atoms with E-state index >= 15 is 0 Å². The summed E-state index contributed by atoms with van der Waals surface area (Å²) in [5.74, 6) is 0. The van der Waals surface area contributed by atoms with Crippen molar-refractivity contribution in [3.63, 3.8) is 0 Å². The minimum absolute atomic E-state index is 1.04. The van der Waals surface area contributed by atoms with Crippen LogP contribution in [0.25, 0.3) is 5.57 Å². The van der Waals surface area contributed by atoms with E-state index in [1.165, 1.54) is 22.3 Å². The molecule has 0 saturated heterocycles. The van der Waals surface area contributed by atoms with E-state index < -0.39 is 0 Å². The average Bonchev–Trinajstić information content (AvgIpc) is 2.40. The molecule has 0 saturated carbocycles. The first-order valence-corrected chi connectivity index (χ1v) is 6.31. The van der Waals surface area contributed by atoms with E-state index in [2.05, 4.69) is 63.8 Å². The molecule has 0 N–H and O–H groups in total. The van der Waals surface area contributed by atoms with Gasteiger partial charge in [0.05, 0.1) is 0 Å². The van der Waals surface area contributed by atoms with E-state index in [1.54, 1.807) is 0 Å². The van der Waals surface area contributed by atoms with Crippen molar-refractivity contribution in [2.45, 2.75) is 33.6 Å². The normalized spacial score (nSPS) is 13.2. The molecule has 90 valence electrons. The van der Waals surface area contributed by atoms with Gasteiger partial charge in [-0.3, -0.25) is 0 Å². The third kappa shape index (κ3) is 3.74. The highest BCUT2D eigenvalue weighted by Gasteiger charge is 2.01. The Morgan fingerprint density at radius 3 is 2.24 bits per heavy atom. The third-order valence-corrected chi connectivity index (χ3v) is 3.10. The van der Waals surface area contributed by atoms with E-state index in [0.29, 0.717) is 0 Å². The molecule has 0 spiro atoms. The molecular weight excluding hydrogens is 204 g/mol. The molecule has 0 atom stereocenters. The molecule has 0 heteroatoms. The predicted molar refractivity (Wildman–Crippen MR) is 77.9 cm³/mol. The maximum atomic E-state index is 3.86. The van der Waals surface area contributed by atoms with Crippen molar-refractivity contribution in [3.8, 4) is 0 Å². The summed E-state index contributed by atoms with van der Waals surface area (Å²) >= 11 is 0. The molecule has 0 bridgehead atoms. The van der Waals surface area contributed by atoms with Gasteiger partial charge >= 0.3 is 0 Å². The lowest BCUT2D eigenvalue weighted by Gasteiger charge is -2.08. The highest BCUT2D eigenvalue weighted by molar-refractivity contribution is 5.69. The summed E-state index contributed by atoms with van der Waals surface area (Å²) in [6.45, 7) is 10.4. The van der Waals surface area contributed by atoms with Crippen LogP contribution in [0.15, 0.2) is 60.2 Å². The zero-order valence-electron chi connectivity index (χ0n) is 11.2. The Labute approximate surface area is 105 Å². The van der Waals surface area contributed by atoms with Crippen molar-refractivity contribution in [3.05, 3.63) is 65.8 Å². The molecule has 0 amide bonds. The minimum Gasteiger partial charge on any atom is -0.0988 e. The van der Waals surface area contributed by atoms with Gasteiger partial charge in [0.15, 0.2) is 0 Å². The summed E-state index contributed by atoms with van der Waals surface area (Å²) in [5, 5.41) is 0. The van der Waals surface area contributed by atoms with Crippen LogP contribution in [0.3, 0.4) is 0 Å². The molecule has 0 aromatic heterocycles. The lowest BCUT2D eigenvalue weighted by Crippen LogP contribution is -1.87. The van der Waals surface area contributed by atoms with Crippen molar-refractivity contribution in [1.29, 1.82) is 0 Å². The molecule has 0 radical (unpaired) electrons. The van der Waals surface area contributed by atoms with Gasteiger partial charge in [0.1, 0.15) is 0 Å². The van der Waals surface area contributed by atoms with E-state index in [-0.39, 0.29) is 0 Å². The van der Waals surface area contributed by atoms with Crippen molar-refractivity contribution >= 4 is 5.57 Å². The average molecular weight is 226 g/mol. The zero-order valence-corrected chi connectivity index (χ0v) is 11.2. The molecule has 0 aliphatic carbocycles. The van der Waals surface area contributed by atoms with Crippen LogP contribution in [0.4, 0.5) is 0 Å². The second-order valence-electron chi connectivity index (χ2n) is 4.15. The number of hydrogen-bond donors (Lipinski definition) is 0. The summed E-state index contributed by atoms with van der Waals surface area (Å²) in [4.78, 5) is 0. The van der Waals surface area contributed by atoms with Gasteiger partial charge in [-0.1, -0.05) is 62.9 Å². The van der Waals surface area contributed by atoms with Gasteiger partial charge in [-0.05, 0) is 42.0 Å². The quantitative estimate of drug-likeness (QED) is 0.590. The smallest absolute Gasteiger partial charge is 0.0225 e. The molecule has 0 aliphatic heterocycles. The van der Waals surface area contributed by atoms with Crippen LogP contribution in [0.5, 0.6) is 0 Å². The van der Waals surface area contributed by atoms with Gasteiger partial charge in [0.2, 0.25) is 0 Å². The third-order valence-electron chi connectivity index (χ3n) is 3.10. The molecular formula is C17H22. The molecule has 0 nitrogen and oxygen atoms in total. The van der Waals surface area contributed by atoms with Crippen LogP contribution in [0.2, 0.25) is 0 Å². The van der Waals surface area contributed by atoms with Gasteiger partial charge in [-0.2, -0.15) is 0 Å². The van der Waals surface area contributed by atoms with E-state index in [4.69, 9.17) is 0 Å². The van der Waals surface area contributed by atoms with Crippen molar-refractivity contribution in [1.82, 2.24) is 0 Å². The molecule has 0 heterocycles. The molecule has 1 aromatic rings. The summed E-state index contributed by atoms with van der Waals surface area (Å²) in [6, 6.07) is 10.6. The Kier molecular flexibility index (Phi) is 5.48. The summed E-state index contributed by atoms with van der Waals surface area (Å²) < 4.78 is 0. The first kappa shape index (κ1) is 13.5. The van der Waals surface area contributed by atoms with E-state index in [0.717, 1.165) is 12.8 Å². The van der Waals surface area contributed by atoms with Crippen LogP contribution in [-0.2, 0) is 0 Å². The van der Waals surface area contributed by atoms with E-state index in [1.807, 2.05) is 6.08 Å². The topological polar surface area (TPSA) is 0 Å². The Hall–Kier alpha value is -1.56. The highest BCUT2D eigenvalue weighted by atomic mass is 14.1. The van der Waals surface area contributed by atoms with Crippen LogP contribution in [0.1, 0.15) is 39.2 Å². The second kappa shape index (κ2) is 6.90. The second-order valence-corrected chi connectivity index (χ2v) is 4.15. The van der Waals surface area contributed by atoms with E-state index in [9.17, 15) is 0 Å². The molecule has 1 aromatic carbocycles. The van der Waals surface area contributed by atoms with Gasteiger partial charge in [-0.25, -0.2) is 0 Å². The van der Waals surface area contributed by atoms with Crippen LogP contribution < -0.4 is 0 Å². The highest BCUT2D eigenvalue weighted by Crippen LogP contribution is 2.22. The van der Waals surface area contributed by atoms with Crippen LogP contribution in [0, 0.1) is 0 Å². The zero-order chi connectivity index (χ0) is 12.7. The van der Waals surface area contributed by atoms with Crippen molar-refractivity contribution in [2.75, 3.05) is 0 Å². The molecule has 1 rings (SSSR count). The number of allylic oxidation sites excluding steroid dienone is 5. The number of rotatable bonds is 5. The number of hydrogen-bond acceptors (Lipinski definition) is 0. The van der Waals surface area contributed by atoms with Gasteiger partial charge in [-0.15, -0.1) is 0 Å². The van der Waals surface area contributed by atoms with Crippen LogP contribution >= 0.6 is 0 Å². The van der Waals surface area contributed by atoms with Gasteiger partial charge in [0, 0.05) is 0 Å². The lowest BCUT2D eigenvalue weighted by atomic mass is 9.97. The summed E-state index contributed by atoms with van der Waals surface area (Å²) in [6.07, 6.45) is 6.32. The van der Waals surface area contributed by atoms with Crippen molar-refractivity contribution in [2.24, 2.45) is 0 Å². The molecule has 0 aliphatic rings. The largest absolute Gasteiger partial charge is 0.0988 e. The minimum atomic E-state index is 1.04. The Balaban J connectivity index is 3.15. The fourth-order valence-electron chi connectivity index (χ4n) is 1.88. The monoisotopic (exact) mass is 226 g/mol. The van der Waals surface area contributed by atoms with Gasteiger partial charge in [0.25, 0.3) is 0 Å². The molecule has 0 fully saturated rings. The maximum absolute atomic E-state index is 3.86. The Morgan fingerprint density at radius 2 is 1.76 bits per heavy atom. The van der Waals surface area contributed by atoms with Crippen LogP contribution in [-0.4, -0.2) is 0 Å². The first-order valence-electron chi connectivity index (χ1n) is 6.31. The maximum Gasteiger partial charge on any atom is -0.0225 e. The Morgan fingerprint density at radius 1 is 1.12 bits per heavy atom. The fourth-order valence-corrected chi connectivity index (χ4v) is 1.88. The fraction of sp³-hybridized carbons (Fsp3) is 0.294. The van der Waals surface area contributed by atoms with Crippen molar-refractivity contribution < 1.29 is 0 Å². The standard InChI is InChI=1S/C17H22/c1-5-15(6-2)13-16(7-3)14(4)17-11-9-8-10-12-17/h5,8-13H,1,6-7H2,2-4H3/b15-13+,16-14+. The summed E-state index contributed by atoms with van der Waals surface area (Å²) in [7, 11) is 0. The van der Waals surface area contributed by atoms with Gasteiger partial charge < -0.3 is 0 Å². The predicted octanol–water partition coefficient (Wildman–Crippen LogP) is 5.39. The SMILES string of the molecule is C=C/C(=C\C(CC)=C(/C)c1ccccc1)CC. The molecule has 17 heavy (non-hydrogen) atoms. The molecule has 0 unspecified atom stereocenters. The first-order chi connectivity index (χ1) is 8.22.